The topological polar surface area (TPSA) is 113 Å². The predicted octanol–water partition coefficient (Wildman–Crippen LogP) is -0.328. The fourth-order valence-corrected chi connectivity index (χ4v) is 5.00. The van der Waals surface area contributed by atoms with Gasteiger partial charge in [-0.1, -0.05) is 0 Å². The summed E-state index contributed by atoms with van der Waals surface area (Å²) in [7, 11) is -7.11. The van der Waals surface area contributed by atoms with Gasteiger partial charge in [0.2, 0.25) is 20.0 Å². The minimum absolute atomic E-state index is 0.0439. The van der Waals surface area contributed by atoms with Gasteiger partial charge in [-0.15, -0.1) is 0 Å². The second-order valence-corrected chi connectivity index (χ2v) is 9.89. The lowest BCUT2D eigenvalue weighted by atomic mass is 10.2. The molecule has 25 heavy (non-hydrogen) atoms. The smallest absolute Gasteiger partial charge is 0.265 e. The number of hydrogen-bond acceptors (Lipinski definition) is 6. The number of rotatable bonds is 3. The summed E-state index contributed by atoms with van der Waals surface area (Å²) in [6.07, 6.45) is 0.400. The molecule has 11 heteroatoms. The van der Waals surface area contributed by atoms with Crippen molar-refractivity contribution >= 4 is 31.6 Å². The van der Waals surface area contributed by atoms with E-state index in [-0.39, 0.29) is 37.0 Å². The second kappa shape index (κ2) is 6.24. The van der Waals surface area contributed by atoms with Gasteiger partial charge in [0.25, 0.3) is 5.91 Å². The van der Waals surface area contributed by atoms with Gasteiger partial charge in [-0.25, -0.2) is 16.8 Å². The van der Waals surface area contributed by atoms with Crippen molar-refractivity contribution in [3.05, 3.63) is 18.2 Å². The van der Waals surface area contributed by atoms with Crippen LogP contribution in [0, 0.1) is 0 Å². The van der Waals surface area contributed by atoms with Crippen LogP contribution in [0.3, 0.4) is 0 Å². The largest absolute Gasteiger partial charge is 0.479 e. The minimum Gasteiger partial charge on any atom is -0.479 e. The maximum atomic E-state index is 12.8. The third-order valence-electron chi connectivity index (χ3n) is 4.19. The maximum absolute atomic E-state index is 12.8. The molecule has 0 saturated carbocycles. The third-order valence-corrected chi connectivity index (χ3v) is 7.39. The first-order valence-corrected chi connectivity index (χ1v) is 10.9. The molecule has 1 amide bonds. The number of ether oxygens (including phenoxy) is 1. The van der Waals surface area contributed by atoms with Crippen LogP contribution in [0.4, 0.5) is 5.69 Å². The Morgan fingerprint density at radius 2 is 1.68 bits per heavy atom. The molecule has 1 aromatic rings. The zero-order chi connectivity index (χ0) is 18.4. The van der Waals surface area contributed by atoms with Gasteiger partial charge in [0.1, 0.15) is 5.75 Å². The number of hydrogen-bond donors (Lipinski definition) is 1. The molecule has 9 nitrogen and oxygen atoms in total. The zero-order valence-electron chi connectivity index (χ0n) is 13.8. The van der Waals surface area contributed by atoms with Gasteiger partial charge < -0.3 is 10.1 Å². The summed E-state index contributed by atoms with van der Waals surface area (Å²) < 4.78 is 56.6. The van der Waals surface area contributed by atoms with E-state index in [0.717, 1.165) is 6.26 Å². The number of sulfonamides is 2. The lowest BCUT2D eigenvalue weighted by Gasteiger charge is -2.32. The van der Waals surface area contributed by atoms with Gasteiger partial charge in [0.15, 0.2) is 6.10 Å². The molecule has 0 aromatic heterocycles. The van der Waals surface area contributed by atoms with E-state index in [9.17, 15) is 21.6 Å². The Morgan fingerprint density at radius 3 is 2.28 bits per heavy atom. The molecule has 1 fully saturated rings. The van der Waals surface area contributed by atoms with Crippen LogP contribution in [0.2, 0.25) is 0 Å². The van der Waals surface area contributed by atoms with E-state index in [1.165, 1.54) is 26.8 Å². The summed E-state index contributed by atoms with van der Waals surface area (Å²) in [6.45, 7) is 1.98. The molecule has 2 heterocycles. The molecule has 1 N–H and O–H groups in total. The Kier molecular flexibility index (Phi) is 4.52. The normalized spacial score (nSPS) is 22.8. The monoisotopic (exact) mass is 389 g/mol. The predicted molar refractivity (Wildman–Crippen MR) is 90.3 cm³/mol. The highest BCUT2D eigenvalue weighted by molar-refractivity contribution is 7.89. The van der Waals surface area contributed by atoms with Gasteiger partial charge in [0.05, 0.1) is 16.8 Å². The van der Waals surface area contributed by atoms with E-state index in [1.54, 1.807) is 6.92 Å². The van der Waals surface area contributed by atoms with Crippen molar-refractivity contribution in [3.63, 3.8) is 0 Å². The van der Waals surface area contributed by atoms with E-state index in [2.05, 4.69) is 5.32 Å². The summed E-state index contributed by atoms with van der Waals surface area (Å²) in [5.41, 5.74) is 0.420. The first-order chi connectivity index (χ1) is 11.6. The zero-order valence-corrected chi connectivity index (χ0v) is 15.4. The van der Waals surface area contributed by atoms with Crippen molar-refractivity contribution in [3.8, 4) is 5.75 Å². The summed E-state index contributed by atoms with van der Waals surface area (Å²) in [4.78, 5) is 11.6. The second-order valence-electron chi connectivity index (χ2n) is 5.97. The Labute approximate surface area is 146 Å². The van der Waals surface area contributed by atoms with Crippen molar-refractivity contribution in [2.75, 3.05) is 37.8 Å². The highest BCUT2D eigenvalue weighted by Gasteiger charge is 2.32. The minimum atomic E-state index is -3.78. The summed E-state index contributed by atoms with van der Waals surface area (Å²) in [6, 6.07) is 4.26. The first-order valence-electron chi connectivity index (χ1n) is 7.66. The van der Waals surface area contributed by atoms with Gasteiger partial charge in [0, 0.05) is 32.2 Å². The molecule has 3 rings (SSSR count). The number of nitrogens with one attached hydrogen (secondary N) is 1. The van der Waals surface area contributed by atoms with Gasteiger partial charge >= 0.3 is 0 Å². The highest BCUT2D eigenvalue weighted by Crippen LogP contribution is 2.33. The third kappa shape index (κ3) is 3.50. The van der Waals surface area contributed by atoms with Gasteiger partial charge in [-0.2, -0.15) is 8.61 Å². The number of fused-ring (bicyclic) bond motifs is 1. The summed E-state index contributed by atoms with van der Waals surface area (Å²) >= 11 is 0. The lowest BCUT2D eigenvalue weighted by molar-refractivity contribution is -0.122. The molecule has 0 aliphatic carbocycles. The number of carbonyl (C=O) groups excluding carboxylic acids is 1. The number of anilines is 1. The van der Waals surface area contributed by atoms with Crippen LogP contribution in [0.1, 0.15) is 6.92 Å². The van der Waals surface area contributed by atoms with Crippen LogP contribution in [0.5, 0.6) is 5.75 Å². The van der Waals surface area contributed by atoms with Crippen molar-refractivity contribution in [1.82, 2.24) is 8.61 Å². The molecule has 0 bridgehead atoms. The molecule has 0 radical (unpaired) electrons. The van der Waals surface area contributed by atoms with Crippen LogP contribution < -0.4 is 10.1 Å². The molecule has 1 aromatic carbocycles. The molecule has 2 aliphatic heterocycles. The quantitative estimate of drug-likeness (QED) is 0.758. The van der Waals surface area contributed by atoms with E-state index >= 15 is 0 Å². The van der Waals surface area contributed by atoms with Gasteiger partial charge in [-0.3, -0.25) is 4.79 Å². The average Bonchev–Trinajstić information content (AvgIpc) is 2.55. The molecular formula is C14H19N3O6S2. The van der Waals surface area contributed by atoms with E-state index < -0.39 is 26.2 Å². The van der Waals surface area contributed by atoms with Crippen LogP contribution in [0.15, 0.2) is 23.1 Å². The van der Waals surface area contributed by atoms with Crippen LogP contribution in [-0.2, 0) is 24.8 Å². The number of piperazine rings is 1. The Hall–Kier alpha value is -1.69. The summed E-state index contributed by atoms with van der Waals surface area (Å²) in [5.74, 6) is 0.00273. The number of amides is 1. The Balaban J connectivity index is 1.82. The lowest BCUT2D eigenvalue weighted by Crippen LogP contribution is -2.50. The molecule has 1 saturated heterocycles. The Morgan fingerprint density at radius 1 is 1.08 bits per heavy atom. The maximum Gasteiger partial charge on any atom is 0.265 e. The highest BCUT2D eigenvalue weighted by atomic mass is 32.2. The van der Waals surface area contributed by atoms with Crippen LogP contribution in [0.25, 0.3) is 0 Å². The Bertz CT molecular complexity index is 904. The van der Waals surface area contributed by atoms with Crippen molar-refractivity contribution < 1.29 is 26.4 Å². The number of benzene rings is 1. The molecule has 2 aliphatic rings. The molecule has 1 atom stereocenters. The van der Waals surface area contributed by atoms with E-state index in [4.69, 9.17) is 4.74 Å². The SMILES string of the molecule is C[C@@H]1Oc2cc(S(=O)(=O)N3CCN(S(C)(=O)=O)CC3)ccc2NC1=O. The average molecular weight is 389 g/mol. The fraction of sp³-hybridized carbons (Fsp3) is 0.500. The molecular weight excluding hydrogens is 370 g/mol. The molecule has 138 valence electrons. The van der Waals surface area contributed by atoms with Crippen molar-refractivity contribution in [1.29, 1.82) is 0 Å². The van der Waals surface area contributed by atoms with E-state index in [1.807, 2.05) is 0 Å². The first kappa shape index (κ1) is 18.1. The number of nitrogens with zero attached hydrogens (tertiary/aromatic N) is 2. The van der Waals surface area contributed by atoms with Crippen molar-refractivity contribution in [2.24, 2.45) is 0 Å². The standard InChI is InChI=1S/C14H19N3O6S2/c1-10-14(18)15-12-4-3-11(9-13(12)23-10)25(21,22)17-7-5-16(6-8-17)24(2,19)20/h3-4,9-10H,5-8H2,1-2H3,(H,15,18)/t10-/m0/s1. The molecule has 0 spiro atoms. The fourth-order valence-electron chi connectivity index (χ4n) is 2.73. The van der Waals surface area contributed by atoms with Crippen LogP contribution >= 0.6 is 0 Å². The summed E-state index contributed by atoms with van der Waals surface area (Å²) in [5, 5.41) is 2.64. The van der Waals surface area contributed by atoms with E-state index in [0.29, 0.717) is 11.4 Å². The van der Waals surface area contributed by atoms with Gasteiger partial charge in [-0.05, 0) is 19.1 Å². The van der Waals surface area contributed by atoms with Crippen molar-refractivity contribution in [2.45, 2.75) is 17.9 Å². The number of carbonyl (C=O) groups is 1. The van der Waals surface area contributed by atoms with Crippen LogP contribution in [-0.4, -0.2) is 69.9 Å². The molecule has 0 unspecified atom stereocenters.